The number of halogens is 2. The van der Waals surface area contributed by atoms with Crippen molar-refractivity contribution in [2.75, 3.05) is 5.73 Å². The summed E-state index contributed by atoms with van der Waals surface area (Å²) in [4.78, 5) is 9.76. The van der Waals surface area contributed by atoms with Crippen LogP contribution in [0.2, 0.25) is 0 Å². The molecule has 0 bridgehead atoms. The predicted molar refractivity (Wildman–Crippen MR) is 84.5 cm³/mol. The van der Waals surface area contributed by atoms with Crippen LogP contribution in [0.1, 0.15) is 18.4 Å². The second-order valence-electron chi connectivity index (χ2n) is 3.88. The molecule has 1 heterocycles. The third-order valence-electron chi connectivity index (χ3n) is 2.51. The van der Waals surface area contributed by atoms with Crippen LogP contribution in [-0.2, 0) is 12.2 Å². The SMILES string of the molecule is CCc1nc(CSc2ccc(F)cc2)nc(N)c1I. The summed E-state index contributed by atoms with van der Waals surface area (Å²) >= 11 is 3.73. The molecule has 1 aromatic carbocycles. The second kappa shape index (κ2) is 6.51. The van der Waals surface area contributed by atoms with Gasteiger partial charge in [0.05, 0.1) is 15.0 Å². The molecule has 0 saturated heterocycles. The van der Waals surface area contributed by atoms with Gasteiger partial charge in [-0.05, 0) is 53.3 Å². The van der Waals surface area contributed by atoms with E-state index in [9.17, 15) is 4.39 Å². The average Bonchev–Trinajstić information content (AvgIpc) is 2.41. The van der Waals surface area contributed by atoms with Gasteiger partial charge in [0, 0.05) is 4.90 Å². The quantitative estimate of drug-likeness (QED) is 0.641. The molecule has 6 heteroatoms. The number of thioether (sulfide) groups is 1. The Morgan fingerprint density at radius 3 is 2.58 bits per heavy atom. The molecule has 0 saturated carbocycles. The van der Waals surface area contributed by atoms with E-state index in [0.717, 1.165) is 20.6 Å². The lowest BCUT2D eigenvalue weighted by atomic mass is 10.3. The molecule has 0 unspecified atom stereocenters. The lowest BCUT2D eigenvalue weighted by Crippen LogP contribution is -2.06. The van der Waals surface area contributed by atoms with E-state index in [1.165, 1.54) is 12.1 Å². The predicted octanol–water partition coefficient (Wildman–Crippen LogP) is 3.66. The molecule has 0 atom stereocenters. The Labute approximate surface area is 129 Å². The van der Waals surface area contributed by atoms with Crippen molar-refractivity contribution in [1.29, 1.82) is 0 Å². The number of nitrogen functional groups attached to an aromatic ring is 1. The van der Waals surface area contributed by atoms with Crippen molar-refractivity contribution in [2.24, 2.45) is 0 Å². The van der Waals surface area contributed by atoms with Crippen molar-refractivity contribution in [3.8, 4) is 0 Å². The highest BCUT2D eigenvalue weighted by Gasteiger charge is 2.08. The van der Waals surface area contributed by atoms with Gasteiger partial charge in [0.25, 0.3) is 0 Å². The molecule has 19 heavy (non-hydrogen) atoms. The third kappa shape index (κ3) is 3.79. The van der Waals surface area contributed by atoms with Crippen molar-refractivity contribution in [3.05, 3.63) is 45.2 Å². The van der Waals surface area contributed by atoms with Gasteiger partial charge in [-0.2, -0.15) is 0 Å². The first kappa shape index (κ1) is 14.5. The summed E-state index contributed by atoms with van der Waals surface area (Å²) in [6.45, 7) is 2.04. The van der Waals surface area contributed by atoms with E-state index in [4.69, 9.17) is 5.73 Å². The van der Waals surface area contributed by atoms with E-state index >= 15 is 0 Å². The van der Waals surface area contributed by atoms with Crippen molar-refractivity contribution in [3.63, 3.8) is 0 Å². The Morgan fingerprint density at radius 2 is 1.95 bits per heavy atom. The smallest absolute Gasteiger partial charge is 0.141 e. The van der Waals surface area contributed by atoms with Crippen LogP contribution in [0.25, 0.3) is 0 Å². The maximum absolute atomic E-state index is 12.8. The Bertz CT molecular complexity index is 575. The summed E-state index contributed by atoms with van der Waals surface area (Å²) in [5, 5.41) is 0. The van der Waals surface area contributed by atoms with Crippen molar-refractivity contribution in [2.45, 2.75) is 24.0 Å². The Balaban J connectivity index is 2.11. The van der Waals surface area contributed by atoms with E-state index in [0.29, 0.717) is 17.4 Å². The molecule has 0 radical (unpaired) electrons. The number of rotatable bonds is 4. The molecule has 1 aromatic heterocycles. The normalized spacial score (nSPS) is 10.7. The van der Waals surface area contributed by atoms with Crippen LogP contribution >= 0.6 is 34.4 Å². The number of aromatic nitrogens is 2. The van der Waals surface area contributed by atoms with Crippen LogP contribution in [0.15, 0.2) is 29.2 Å². The summed E-state index contributed by atoms with van der Waals surface area (Å²) in [5.74, 6) is 1.64. The largest absolute Gasteiger partial charge is 0.383 e. The van der Waals surface area contributed by atoms with E-state index < -0.39 is 0 Å². The molecular formula is C13H13FIN3S. The van der Waals surface area contributed by atoms with Crippen LogP contribution in [0.5, 0.6) is 0 Å². The zero-order chi connectivity index (χ0) is 13.8. The Morgan fingerprint density at radius 1 is 1.26 bits per heavy atom. The van der Waals surface area contributed by atoms with E-state index in [1.807, 2.05) is 6.92 Å². The summed E-state index contributed by atoms with van der Waals surface area (Å²) in [6, 6.07) is 6.39. The highest BCUT2D eigenvalue weighted by molar-refractivity contribution is 14.1. The number of nitrogens with zero attached hydrogens (tertiary/aromatic N) is 2. The van der Waals surface area contributed by atoms with E-state index in [1.54, 1.807) is 23.9 Å². The van der Waals surface area contributed by atoms with Gasteiger partial charge < -0.3 is 5.73 Å². The molecule has 3 nitrogen and oxygen atoms in total. The standard InChI is InChI=1S/C13H13FIN3S/c1-2-10-12(15)13(16)18-11(17-10)7-19-9-5-3-8(14)4-6-9/h3-6H,2,7H2,1H3,(H2,16,17,18). The van der Waals surface area contributed by atoms with Crippen LogP contribution in [-0.4, -0.2) is 9.97 Å². The number of hydrogen-bond acceptors (Lipinski definition) is 4. The van der Waals surface area contributed by atoms with Crippen molar-refractivity contribution in [1.82, 2.24) is 9.97 Å². The summed E-state index contributed by atoms with van der Waals surface area (Å²) in [5.41, 5.74) is 6.84. The van der Waals surface area contributed by atoms with Gasteiger partial charge in [-0.25, -0.2) is 14.4 Å². The number of aryl methyl sites for hydroxylation is 1. The Kier molecular flexibility index (Phi) is 4.98. The van der Waals surface area contributed by atoms with Crippen molar-refractivity contribution < 1.29 is 4.39 Å². The minimum Gasteiger partial charge on any atom is -0.383 e. The fourth-order valence-electron chi connectivity index (χ4n) is 1.54. The fourth-order valence-corrected chi connectivity index (χ4v) is 2.92. The summed E-state index contributed by atoms with van der Waals surface area (Å²) < 4.78 is 13.7. The van der Waals surface area contributed by atoms with Gasteiger partial charge in [0.1, 0.15) is 17.5 Å². The molecule has 2 aromatic rings. The number of hydrogen-bond donors (Lipinski definition) is 1. The van der Waals surface area contributed by atoms with Gasteiger partial charge in [0.15, 0.2) is 0 Å². The van der Waals surface area contributed by atoms with Gasteiger partial charge in [-0.15, -0.1) is 11.8 Å². The highest BCUT2D eigenvalue weighted by atomic mass is 127. The maximum Gasteiger partial charge on any atom is 0.141 e. The van der Waals surface area contributed by atoms with Crippen LogP contribution < -0.4 is 5.73 Å². The molecule has 0 aliphatic heterocycles. The topological polar surface area (TPSA) is 51.8 Å². The first-order chi connectivity index (χ1) is 9.10. The lowest BCUT2D eigenvalue weighted by Gasteiger charge is -2.07. The molecule has 0 aliphatic rings. The van der Waals surface area contributed by atoms with Gasteiger partial charge in [-0.3, -0.25) is 0 Å². The molecule has 0 spiro atoms. The van der Waals surface area contributed by atoms with Gasteiger partial charge in [0.2, 0.25) is 0 Å². The first-order valence-electron chi connectivity index (χ1n) is 5.79. The Hall–Kier alpha value is -0.890. The zero-order valence-electron chi connectivity index (χ0n) is 10.4. The highest BCUT2D eigenvalue weighted by Crippen LogP contribution is 2.23. The summed E-state index contributed by atoms with van der Waals surface area (Å²) in [6.07, 6.45) is 0.833. The number of anilines is 1. The molecule has 100 valence electrons. The van der Waals surface area contributed by atoms with Gasteiger partial charge in [-0.1, -0.05) is 6.92 Å². The third-order valence-corrected chi connectivity index (χ3v) is 4.69. The number of nitrogens with two attached hydrogens (primary N) is 1. The van der Waals surface area contributed by atoms with Crippen LogP contribution in [0.4, 0.5) is 10.2 Å². The molecular weight excluding hydrogens is 376 g/mol. The number of benzene rings is 1. The fraction of sp³-hybridized carbons (Fsp3) is 0.231. The molecule has 2 rings (SSSR count). The van der Waals surface area contributed by atoms with Gasteiger partial charge >= 0.3 is 0 Å². The molecule has 0 aliphatic carbocycles. The molecule has 2 N–H and O–H groups in total. The molecule has 0 fully saturated rings. The average molecular weight is 389 g/mol. The minimum absolute atomic E-state index is 0.229. The van der Waals surface area contributed by atoms with E-state index in [2.05, 4.69) is 32.6 Å². The van der Waals surface area contributed by atoms with E-state index in [-0.39, 0.29) is 5.82 Å². The first-order valence-corrected chi connectivity index (χ1v) is 7.85. The lowest BCUT2D eigenvalue weighted by molar-refractivity contribution is 0.626. The maximum atomic E-state index is 12.8. The summed E-state index contributed by atoms with van der Waals surface area (Å²) in [7, 11) is 0. The van der Waals surface area contributed by atoms with Crippen LogP contribution in [0.3, 0.4) is 0 Å². The second-order valence-corrected chi connectivity index (χ2v) is 6.01. The minimum atomic E-state index is -0.229. The van der Waals surface area contributed by atoms with Crippen LogP contribution in [0, 0.1) is 9.39 Å². The zero-order valence-corrected chi connectivity index (χ0v) is 13.3. The monoisotopic (exact) mass is 389 g/mol. The molecule has 0 amide bonds. The van der Waals surface area contributed by atoms with Crippen molar-refractivity contribution >= 4 is 40.2 Å².